The highest BCUT2D eigenvalue weighted by molar-refractivity contribution is 9.10. The van der Waals surface area contributed by atoms with Crippen LogP contribution in [0.4, 0.5) is 14.5 Å². The molecule has 0 bridgehead atoms. The topological polar surface area (TPSA) is 21.3 Å². The molecule has 2 aromatic rings. The van der Waals surface area contributed by atoms with Gasteiger partial charge in [-0.2, -0.15) is 0 Å². The van der Waals surface area contributed by atoms with Crippen LogP contribution in [0.2, 0.25) is 0 Å². The average Bonchev–Trinajstić information content (AvgIpc) is 2.89. The molecule has 0 saturated heterocycles. The van der Waals surface area contributed by atoms with Gasteiger partial charge in [0.05, 0.1) is 12.3 Å². The molecule has 0 atom stereocenters. The Balaban J connectivity index is 1.64. The standard InChI is InChI=1S/C16H14BrF2NO/c17-13-8-12(18)9-14(19)16(13)20-5-3-10-1-2-15-11(7-10)4-6-21-15/h1-2,7-9,20H,3-6H2. The third-order valence-electron chi connectivity index (χ3n) is 3.48. The van der Waals surface area contributed by atoms with Gasteiger partial charge in [-0.1, -0.05) is 12.1 Å². The van der Waals surface area contributed by atoms with E-state index in [1.807, 2.05) is 12.1 Å². The maximum atomic E-state index is 13.7. The Bertz CT molecular complexity index is 652. The minimum atomic E-state index is -0.594. The van der Waals surface area contributed by atoms with Crippen LogP contribution in [0.3, 0.4) is 0 Å². The van der Waals surface area contributed by atoms with Crippen molar-refractivity contribution in [2.24, 2.45) is 0 Å². The van der Waals surface area contributed by atoms with E-state index in [4.69, 9.17) is 4.74 Å². The summed E-state index contributed by atoms with van der Waals surface area (Å²) in [6, 6.07) is 8.24. The maximum Gasteiger partial charge on any atom is 0.150 e. The van der Waals surface area contributed by atoms with Crippen molar-refractivity contribution in [2.45, 2.75) is 12.8 Å². The molecule has 5 heteroatoms. The van der Waals surface area contributed by atoms with Gasteiger partial charge in [-0.05, 0) is 45.6 Å². The summed E-state index contributed by atoms with van der Waals surface area (Å²) in [4.78, 5) is 0. The lowest BCUT2D eigenvalue weighted by Crippen LogP contribution is -2.07. The molecule has 1 aliphatic rings. The maximum absolute atomic E-state index is 13.7. The van der Waals surface area contributed by atoms with Gasteiger partial charge in [-0.15, -0.1) is 0 Å². The van der Waals surface area contributed by atoms with E-state index in [-0.39, 0.29) is 0 Å². The first-order chi connectivity index (χ1) is 10.1. The Hall–Kier alpha value is -1.62. The third kappa shape index (κ3) is 3.18. The van der Waals surface area contributed by atoms with Crippen LogP contribution in [0, 0.1) is 11.6 Å². The zero-order chi connectivity index (χ0) is 14.8. The molecule has 0 fully saturated rings. The van der Waals surface area contributed by atoms with E-state index >= 15 is 0 Å². The molecule has 0 radical (unpaired) electrons. The molecule has 0 aromatic heterocycles. The van der Waals surface area contributed by atoms with E-state index in [0.717, 1.165) is 31.3 Å². The Morgan fingerprint density at radius 2 is 2.05 bits per heavy atom. The molecule has 2 nitrogen and oxygen atoms in total. The highest BCUT2D eigenvalue weighted by Gasteiger charge is 2.12. The fourth-order valence-electron chi connectivity index (χ4n) is 2.44. The van der Waals surface area contributed by atoms with Crippen molar-refractivity contribution in [3.05, 3.63) is 57.6 Å². The lowest BCUT2D eigenvalue weighted by Gasteiger charge is -2.10. The minimum absolute atomic E-state index is 0.292. The van der Waals surface area contributed by atoms with Crippen molar-refractivity contribution >= 4 is 21.6 Å². The summed E-state index contributed by atoms with van der Waals surface area (Å²) in [6.45, 7) is 1.31. The van der Waals surface area contributed by atoms with Crippen molar-refractivity contribution in [1.29, 1.82) is 0 Å². The number of halogens is 3. The van der Waals surface area contributed by atoms with Crippen LogP contribution in [0.5, 0.6) is 5.75 Å². The van der Waals surface area contributed by atoms with Gasteiger partial charge in [0, 0.05) is 23.5 Å². The van der Waals surface area contributed by atoms with Crippen LogP contribution < -0.4 is 10.1 Å². The van der Waals surface area contributed by atoms with Gasteiger partial charge in [0.15, 0.2) is 0 Å². The van der Waals surface area contributed by atoms with Gasteiger partial charge >= 0.3 is 0 Å². The predicted molar refractivity (Wildman–Crippen MR) is 81.9 cm³/mol. The lowest BCUT2D eigenvalue weighted by molar-refractivity contribution is 0.357. The number of benzene rings is 2. The summed E-state index contributed by atoms with van der Waals surface area (Å²) >= 11 is 3.17. The zero-order valence-corrected chi connectivity index (χ0v) is 12.8. The van der Waals surface area contributed by atoms with E-state index in [1.54, 1.807) is 0 Å². The average molecular weight is 354 g/mol. The van der Waals surface area contributed by atoms with Crippen molar-refractivity contribution in [2.75, 3.05) is 18.5 Å². The highest BCUT2D eigenvalue weighted by Crippen LogP contribution is 2.28. The highest BCUT2D eigenvalue weighted by atomic mass is 79.9. The fourth-order valence-corrected chi connectivity index (χ4v) is 2.99. The molecule has 0 aliphatic carbocycles. The number of hydrogen-bond donors (Lipinski definition) is 1. The quantitative estimate of drug-likeness (QED) is 0.883. The number of ether oxygens (including phenoxy) is 1. The predicted octanol–water partition coefficient (Wildman–Crippen LogP) is 4.32. The molecule has 3 rings (SSSR count). The van der Waals surface area contributed by atoms with Crippen molar-refractivity contribution in [1.82, 2.24) is 0 Å². The van der Waals surface area contributed by atoms with E-state index in [1.165, 1.54) is 17.2 Å². The molecule has 0 saturated carbocycles. The number of hydrogen-bond acceptors (Lipinski definition) is 2. The Morgan fingerprint density at radius 3 is 2.86 bits per heavy atom. The van der Waals surface area contributed by atoms with Crippen LogP contribution in [0.1, 0.15) is 11.1 Å². The first-order valence-electron chi connectivity index (χ1n) is 6.76. The molecule has 1 heterocycles. The molecule has 0 spiro atoms. The van der Waals surface area contributed by atoms with Gasteiger partial charge in [-0.25, -0.2) is 8.78 Å². The SMILES string of the molecule is Fc1cc(F)c(NCCc2ccc3c(c2)CCO3)c(Br)c1. The molecular weight excluding hydrogens is 340 g/mol. The molecule has 0 amide bonds. The summed E-state index contributed by atoms with van der Waals surface area (Å²) in [6.07, 6.45) is 1.70. The molecule has 110 valence electrons. The summed E-state index contributed by atoms with van der Waals surface area (Å²) in [5.41, 5.74) is 2.69. The normalized spacial score (nSPS) is 12.9. The number of fused-ring (bicyclic) bond motifs is 1. The number of rotatable bonds is 4. The Labute approximate surface area is 130 Å². The molecule has 21 heavy (non-hydrogen) atoms. The summed E-state index contributed by atoms with van der Waals surface area (Å²) < 4.78 is 32.5. The van der Waals surface area contributed by atoms with E-state index < -0.39 is 11.6 Å². The van der Waals surface area contributed by atoms with Crippen molar-refractivity contribution in [3.8, 4) is 5.75 Å². The van der Waals surface area contributed by atoms with Crippen molar-refractivity contribution in [3.63, 3.8) is 0 Å². The van der Waals surface area contributed by atoms with E-state index in [0.29, 0.717) is 16.7 Å². The molecule has 2 aromatic carbocycles. The molecule has 1 aliphatic heterocycles. The van der Waals surface area contributed by atoms with Gasteiger partial charge < -0.3 is 10.1 Å². The largest absolute Gasteiger partial charge is 0.493 e. The third-order valence-corrected chi connectivity index (χ3v) is 4.10. The first-order valence-corrected chi connectivity index (χ1v) is 7.56. The summed E-state index contributed by atoms with van der Waals surface area (Å²) in [7, 11) is 0. The summed E-state index contributed by atoms with van der Waals surface area (Å²) in [5, 5.41) is 3.00. The van der Waals surface area contributed by atoms with E-state index in [2.05, 4.69) is 27.3 Å². The zero-order valence-electron chi connectivity index (χ0n) is 11.3. The van der Waals surface area contributed by atoms with Gasteiger partial charge in [0.2, 0.25) is 0 Å². The van der Waals surface area contributed by atoms with Crippen LogP contribution >= 0.6 is 15.9 Å². The first kappa shape index (κ1) is 14.3. The van der Waals surface area contributed by atoms with Crippen LogP contribution in [-0.2, 0) is 12.8 Å². The molecular formula is C16H14BrF2NO. The minimum Gasteiger partial charge on any atom is -0.493 e. The monoisotopic (exact) mass is 353 g/mol. The second-order valence-electron chi connectivity index (χ2n) is 4.96. The number of anilines is 1. The fraction of sp³-hybridized carbons (Fsp3) is 0.250. The lowest BCUT2D eigenvalue weighted by atomic mass is 10.1. The molecule has 1 N–H and O–H groups in total. The number of nitrogens with one attached hydrogen (secondary N) is 1. The smallest absolute Gasteiger partial charge is 0.150 e. The van der Waals surface area contributed by atoms with Gasteiger partial charge in [0.25, 0.3) is 0 Å². The Kier molecular flexibility index (Phi) is 4.10. The van der Waals surface area contributed by atoms with Crippen LogP contribution in [0.15, 0.2) is 34.8 Å². The van der Waals surface area contributed by atoms with E-state index in [9.17, 15) is 8.78 Å². The summed E-state index contributed by atoms with van der Waals surface area (Å²) in [5.74, 6) is -0.230. The van der Waals surface area contributed by atoms with Crippen LogP contribution in [-0.4, -0.2) is 13.2 Å². The second-order valence-corrected chi connectivity index (χ2v) is 5.82. The molecule has 0 unspecified atom stereocenters. The van der Waals surface area contributed by atoms with Crippen molar-refractivity contribution < 1.29 is 13.5 Å². The Morgan fingerprint density at radius 1 is 1.19 bits per heavy atom. The van der Waals surface area contributed by atoms with Gasteiger partial charge in [0.1, 0.15) is 17.4 Å². The second kappa shape index (κ2) is 6.02. The van der Waals surface area contributed by atoms with Crippen LogP contribution in [0.25, 0.3) is 0 Å². The van der Waals surface area contributed by atoms with Gasteiger partial charge in [-0.3, -0.25) is 0 Å².